The number of fused-ring (bicyclic) bond motifs is 5. The highest BCUT2D eigenvalue weighted by Gasteiger charge is 2.63. The predicted molar refractivity (Wildman–Crippen MR) is 94.5 cm³/mol. The monoisotopic (exact) mass is 324 g/mol. The van der Waals surface area contributed by atoms with Crippen LogP contribution in [0.2, 0.25) is 0 Å². The maximum atomic E-state index is 11.8. The molecule has 5 atom stereocenters. The van der Waals surface area contributed by atoms with Crippen molar-refractivity contribution in [1.29, 1.82) is 0 Å². The largest absolute Gasteiger partial charge is 0.366 e. The normalized spacial score (nSPS) is 46.4. The fourth-order valence-corrected chi connectivity index (χ4v) is 7.08. The molecular weight excluding hydrogens is 296 g/mol. The van der Waals surface area contributed by atoms with Crippen molar-refractivity contribution in [3.8, 4) is 0 Å². The molecule has 5 aliphatic rings. The number of carbonyl (C=O) groups is 1. The maximum absolute atomic E-state index is 11.8. The van der Waals surface area contributed by atoms with E-state index in [1.54, 1.807) is 5.57 Å². The fraction of sp³-hybridized carbons (Fsp3) is 0.682. The van der Waals surface area contributed by atoms with Gasteiger partial charge in [-0.15, -0.1) is 0 Å². The van der Waals surface area contributed by atoms with Gasteiger partial charge in [0.05, 0.1) is 12.2 Å². The molecule has 0 saturated heterocycles. The number of Topliss-reactive ketones (excluding diaryl/α,β-unsaturated/α-hetero) is 1. The Labute approximate surface area is 145 Å². The molecule has 2 fully saturated rings. The van der Waals surface area contributed by atoms with Gasteiger partial charge >= 0.3 is 0 Å². The summed E-state index contributed by atoms with van der Waals surface area (Å²) >= 11 is 0. The summed E-state index contributed by atoms with van der Waals surface area (Å²) in [5.41, 5.74) is 3.34. The van der Waals surface area contributed by atoms with E-state index in [0.717, 1.165) is 25.4 Å². The van der Waals surface area contributed by atoms with Crippen molar-refractivity contribution in [3.63, 3.8) is 0 Å². The minimum absolute atomic E-state index is 0.0163. The zero-order valence-corrected chi connectivity index (χ0v) is 14.7. The Morgan fingerprint density at radius 2 is 2.17 bits per heavy atom. The van der Waals surface area contributed by atoms with Gasteiger partial charge in [-0.25, -0.2) is 0 Å². The van der Waals surface area contributed by atoms with Crippen LogP contribution in [-0.4, -0.2) is 18.0 Å². The highest BCUT2D eigenvalue weighted by atomic mass is 16.5. The standard InChI is InChI=1S/C22H28O2/c1-2-21-11-8-18-17-7-5-16(23)14-15(17)4-6-19(18)20(21)9-12-22(21)10-3-13-24-22/h3-4,6,10,18-20H,2,5,7-9,11-14H2,1H3/t18?,19?,20?,21-,22-/m0/s1. The first-order chi connectivity index (χ1) is 11.7. The molecule has 2 saturated carbocycles. The molecule has 2 heteroatoms. The van der Waals surface area contributed by atoms with E-state index in [9.17, 15) is 4.79 Å². The lowest BCUT2D eigenvalue weighted by atomic mass is 9.52. The number of allylic oxidation sites excluding steroid dienone is 4. The van der Waals surface area contributed by atoms with Crippen LogP contribution < -0.4 is 0 Å². The van der Waals surface area contributed by atoms with Crippen molar-refractivity contribution in [2.45, 2.75) is 63.9 Å². The van der Waals surface area contributed by atoms with Gasteiger partial charge in [-0.2, -0.15) is 0 Å². The minimum Gasteiger partial charge on any atom is -0.366 e. The highest BCUT2D eigenvalue weighted by Crippen LogP contribution is 2.66. The van der Waals surface area contributed by atoms with E-state index < -0.39 is 0 Å². The summed E-state index contributed by atoms with van der Waals surface area (Å²) in [6.07, 6.45) is 18.2. The molecule has 0 radical (unpaired) electrons. The summed E-state index contributed by atoms with van der Waals surface area (Å²) in [4.78, 5) is 11.8. The maximum Gasteiger partial charge on any atom is 0.137 e. The second-order valence-corrected chi connectivity index (χ2v) is 8.61. The van der Waals surface area contributed by atoms with Crippen molar-refractivity contribution < 1.29 is 9.53 Å². The van der Waals surface area contributed by atoms with Crippen LogP contribution in [0.15, 0.2) is 35.5 Å². The van der Waals surface area contributed by atoms with Gasteiger partial charge in [0.1, 0.15) is 5.78 Å². The summed E-state index contributed by atoms with van der Waals surface area (Å²) in [7, 11) is 0. The van der Waals surface area contributed by atoms with Gasteiger partial charge in [-0.05, 0) is 61.9 Å². The average Bonchev–Trinajstić information content (AvgIpc) is 3.21. The molecule has 0 N–H and O–H groups in total. The molecule has 2 nitrogen and oxygen atoms in total. The molecule has 5 rings (SSSR count). The van der Waals surface area contributed by atoms with E-state index in [1.165, 1.54) is 37.7 Å². The van der Waals surface area contributed by atoms with Crippen molar-refractivity contribution in [2.75, 3.05) is 6.61 Å². The number of carbonyl (C=O) groups excluding carboxylic acids is 1. The number of rotatable bonds is 1. The lowest BCUT2D eigenvalue weighted by Gasteiger charge is -2.54. The number of hydrogen-bond donors (Lipinski definition) is 0. The molecule has 0 bridgehead atoms. The third-order valence-corrected chi connectivity index (χ3v) is 8.11. The third-order valence-electron chi connectivity index (χ3n) is 8.11. The van der Waals surface area contributed by atoms with Gasteiger partial charge in [0, 0.05) is 18.3 Å². The van der Waals surface area contributed by atoms with Crippen LogP contribution in [0.4, 0.5) is 0 Å². The van der Waals surface area contributed by atoms with Gasteiger partial charge in [-0.1, -0.05) is 36.8 Å². The van der Waals surface area contributed by atoms with E-state index in [1.807, 2.05) is 0 Å². The van der Waals surface area contributed by atoms with Crippen molar-refractivity contribution in [1.82, 2.24) is 0 Å². The highest BCUT2D eigenvalue weighted by molar-refractivity contribution is 5.83. The van der Waals surface area contributed by atoms with Crippen LogP contribution in [0.5, 0.6) is 0 Å². The lowest BCUT2D eigenvalue weighted by Crippen LogP contribution is -2.51. The smallest absolute Gasteiger partial charge is 0.137 e. The third kappa shape index (κ3) is 1.78. The van der Waals surface area contributed by atoms with Crippen molar-refractivity contribution in [3.05, 3.63) is 35.5 Å². The SMILES string of the molecule is CC[C@]12CCC3C4=C(C=CC3C1CC[C@@]21C=CCO1)CC(=O)CC4. The van der Waals surface area contributed by atoms with Crippen LogP contribution in [0, 0.1) is 23.2 Å². The van der Waals surface area contributed by atoms with E-state index in [2.05, 4.69) is 31.2 Å². The quantitative estimate of drug-likeness (QED) is 0.650. The first kappa shape index (κ1) is 15.1. The van der Waals surface area contributed by atoms with Crippen LogP contribution in [0.3, 0.4) is 0 Å². The predicted octanol–water partition coefficient (Wildman–Crippen LogP) is 4.76. The van der Waals surface area contributed by atoms with Crippen LogP contribution in [0.25, 0.3) is 0 Å². The fourth-order valence-electron chi connectivity index (χ4n) is 7.08. The Hall–Kier alpha value is -1.15. The van der Waals surface area contributed by atoms with Gasteiger partial charge < -0.3 is 4.74 Å². The average molecular weight is 324 g/mol. The Kier molecular flexibility index (Phi) is 3.26. The van der Waals surface area contributed by atoms with Crippen molar-refractivity contribution >= 4 is 5.78 Å². The van der Waals surface area contributed by atoms with Crippen LogP contribution in [-0.2, 0) is 9.53 Å². The Morgan fingerprint density at radius 3 is 2.96 bits per heavy atom. The minimum atomic E-state index is 0.0163. The van der Waals surface area contributed by atoms with E-state index in [-0.39, 0.29) is 5.60 Å². The van der Waals surface area contributed by atoms with Gasteiger partial charge in [0.2, 0.25) is 0 Å². The molecule has 24 heavy (non-hydrogen) atoms. The summed E-state index contributed by atoms with van der Waals surface area (Å²) in [6.45, 7) is 3.18. The summed E-state index contributed by atoms with van der Waals surface area (Å²) in [6, 6.07) is 0. The number of ketones is 1. The van der Waals surface area contributed by atoms with Crippen LogP contribution in [0.1, 0.15) is 58.3 Å². The van der Waals surface area contributed by atoms with Gasteiger partial charge in [-0.3, -0.25) is 4.79 Å². The summed E-state index contributed by atoms with van der Waals surface area (Å²) in [5, 5.41) is 0. The number of hydrogen-bond acceptors (Lipinski definition) is 2. The van der Waals surface area contributed by atoms with Crippen molar-refractivity contribution in [2.24, 2.45) is 23.2 Å². The second kappa shape index (κ2) is 5.17. The molecule has 0 amide bonds. The van der Waals surface area contributed by atoms with E-state index in [4.69, 9.17) is 4.74 Å². The van der Waals surface area contributed by atoms with Gasteiger partial charge in [0.15, 0.2) is 0 Å². The molecule has 4 aliphatic carbocycles. The van der Waals surface area contributed by atoms with Gasteiger partial charge in [0.25, 0.3) is 0 Å². The molecule has 0 aromatic heterocycles. The Morgan fingerprint density at radius 1 is 1.25 bits per heavy atom. The molecular formula is C22H28O2. The first-order valence-electron chi connectivity index (χ1n) is 9.93. The molecule has 1 spiro atoms. The summed E-state index contributed by atoms with van der Waals surface area (Å²) < 4.78 is 6.37. The number of ether oxygens (including phenoxy) is 1. The molecule has 3 unspecified atom stereocenters. The topological polar surface area (TPSA) is 26.3 Å². The molecule has 0 aromatic carbocycles. The molecule has 0 aromatic rings. The van der Waals surface area contributed by atoms with E-state index >= 15 is 0 Å². The molecule has 1 heterocycles. The Balaban J connectivity index is 1.52. The lowest BCUT2D eigenvalue weighted by molar-refractivity contribution is -0.119. The molecule has 1 aliphatic heterocycles. The Bertz CT molecular complexity index is 669. The summed E-state index contributed by atoms with van der Waals surface area (Å²) in [5.74, 6) is 2.54. The van der Waals surface area contributed by atoms with Crippen LogP contribution >= 0.6 is 0 Å². The van der Waals surface area contributed by atoms with E-state index in [0.29, 0.717) is 29.5 Å². The second-order valence-electron chi connectivity index (χ2n) is 8.61. The molecule has 128 valence electrons. The zero-order chi connectivity index (χ0) is 16.4. The zero-order valence-electron chi connectivity index (χ0n) is 14.7. The first-order valence-corrected chi connectivity index (χ1v) is 9.93.